The molecule has 17 heavy (non-hydrogen) atoms. The third-order valence-corrected chi connectivity index (χ3v) is 2.23. The average Bonchev–Trinajstić information content (AvgIpc) is 2.30. The lowest BCUT2D eigenvalue weighted by molar-refractivity contribution is -0.136. The van der Waals surface area contributed by atoms with Crippen molar-refractivity contribution in [3.05, 3.63) is 60.2 Å². The maximum atomic E-state index is 12.7. The van der Waals surface area contributed by atoms with E-state index in [1.807, 2.05) is 0 Å². The van der Waals surface area contributed by atoms with Gasteiger partial charge in [0.2, 0.25) is 0 Å². The Labute approximate surface area is 96.9 Å². The molecular weight excluding hydrogens is 227 g/mol. The molecule has 0 aromatic heterocycles. The van der Waals surface area contributed by atoms with Crippen LogP contribution in [0.15, 0.2) is 48.5 Å². The highest BCUT2D eigenvalue weighted by Crippen LogP contribution is 2.35. The van der Waals surface area contributed by atoms with Crippen molar-refractivity contribution in [1.82, 2.24) is 0 Å². The molecular formula is C13H9F3N. The van der Waals surface area contributed by atoms with Crippen molar-refractivity contribution in [2.75, 3.05) is 5.32 Å². The van der Waals surface area contributed by atoms with E-state index in [-0.39, 0.29) is 5.69 Å². The Morgan fingerprint density at radius 2 is 1.59 bits per heavy atom. The lowest BCUT2D eigenvalue weighted by Crippen LogP contribution is -2.08. The number of anilines is 2. The van der Waals surface area contributed by atoms with Gasteiger partial charge in [0.15, 0.2) is 0 Å². The summed E-state index contributed by atoms with van der Waals surface area (Å²) in [5, 5.41) is 2.74. The molecule has 0 spiro atoms. The Hall–Kier alpha value is -1.97. The summed E-state index contributed by atoms with van der Waals surface area (Å²) in [6, 6.07) is 14.8. The minimum Gasteiger partial charge on any atom is -0.355 e. The quantitative estimate of drug-likeness (QED) is 0.821. The van der Waals surface area contributed by atoms with Crippen molar-refractivity contribution in [2.45, 2.75) is 6.18 Å². The van der Waals surface area contributed by atoms with Gasteiger partial charge in [-0.2, -0.15) is 13.2 Å². The van der Waals surface area contributed by atoms with Crippen LogP contribution in [-0.2, 0) is 6.18 Å². The van der Waals surface area contributed by atoms with E-state index in [1.54, 1.807) is 30.3 Å². The minimum atomic E-state index is -4.36. The molecule has 2 aromatic carbocycles. The maximum Gasteiger partial charge on any atom is 0.418 e. The third kappa shape index (κ3) is 2.78. The molecule has 2 rings (SSSR count). The second-order valence-corrected chi connectivity index (χ2v) is 3.46. The summed E-state index contributed by atoms with van der Waals surface area (Å²) in [6.07, 6.45) is -4.36. The standard InChI is InChI=1S/C13H9F3N/c14-13(15,16)11-8-4-5-9-12(11)17-10-6-2-1-3-7-10/h2-9,17H. The number of halogens is 3. The van der Waals surface area contributed by atoms with Crippen LogP contribution < -0.4 is 5.32 Å². The topological polar surface area (TPSA) is 12.0 Å². The van der Waals surface area contributed by atoms with Crippen LogP contribution in [0, 0.1) is 6.07 Å². The molecule has 0 saturated heterocycles. The fourth-order valence-corrected chi connectivity index (χ4v) is 1.47. The first kappa shape index (κ1) is 11.5. The summed E-state index contributed by atoms with van der Waals surface area (Å²) >= 11 is 0. The minimum absolute atomic E-state index is 0.0474. The molecule has 0 atom stereocenters. The molecule has 0 unspecified atom stereocenters. The smallest absolute Gasteiger partial charge is 0.355 e. The van der Waals surface area contributed by atoms with Crippen molar-refractivity contribution < 1.29 is 13.2 Å². The molecule has 0 amide bonds. The van der Waals surface area contributed by atoms with Crippen molar-refractivity contribution in [3.63, 3.8) is 0 Å². The van der Waals surface area contributed by atoms with E-state index in [9.17, 15) is 13.2 Å². The fraction of sp³-hybridized carbons (Fsp3) is 0.0769. The van der Waals surface area contributed by atoms with Gasteiger partial charge in [0, 0.05) is 5.69 Å². The summed E-state index contributed by atoms with van der Waals surface area (Å²) < 4.78 is 38.1. The van der Waals surface area contributed by atoms with E-state index in [0.717, 1.165) is 6.07 Å². The van der Waals surface area contributed by atoms with Crippen LogP contribution in [-0.4, -0.2) is 0 Å². The van der Waals surface area contributed by atoms with Crippen molar-refractivity contribution in [2.24, 2.45) is 0 Å². The molecule has 1 N–H and O–H groups in total. The number of benzene rings is 2. The highest BCUT2D eigenvalue weighted by atomic mass is 19.4. The Morgan fingerprint density at radius 1 is 0.941 bits per heavy atom. The summed E-state index contributed by atoms with van der Waals surface area (Å²) in [4.78, 5) is 0. The Bertz CT molecular complexity index is 492. The van der Waals surface area contributed by atoms with E-state index in [2.05, 4.69) is 11.4 Å². The molecule has 0 heterocycles. The second kappa shape index (κ2) is 4.49. The summed E-state index contributed by atoms with van der Waals surface area (Å²) in [5.74, 6) is 0. The molecule has 87 valence electrons. The molecule has 1 nitrogen and oxygen atoms in total. The van der Waals surface area contributed by atoms with Crippen molar-refractivity contribution >= 4 is 11.4 Å². The third-order valence-electron chi connectivity index (χ3n) is 2.23. The van der Waals surface area contributed by atoms with Gasteiger partial charge >= 0.3 is 6.18 Å². The number of hydrogen-bond donors (Lipinski definition) is 1. The lowest BCUT2D eigenvalue weighted by atomic mass is 10.1. The molecule has 0 aliphatic heterocycles. The van der Waals surface area contributed by atoms with Crippen LogP contribution in [0.5, 0.6) is 0 Å². The first-order valence-corrected chi connectivity index (χ1v) is 4.97. The largest absolute Gasteiger partial charge is 0.418 e. The van der Waals surface area contributed by atoms with Crippen LogP contribution in [0.4, 0.5) is 24.5 Å². The van der Waals surface area contributed by atoms with Gasteiger partial charge in [0.1, 0.15) is 0 Å². The van der Waals surface area contributed by atoms with Crippen LogP contribution in [0.1, 0.15) is 5.56 Å². The van der Waals surface area contributed by atoms with Gasteiger partial charge in [0.05, 0.1) is 11.3 Å². The molecule has 1 radical (unpaired) electrons. The van der Waals surface area contributed by atoms with E-state index in [4.69, 9.17) is 0 Å². The van der Waals surface area contributed by atoms with Gasteiger partial charge in [-0.25, -0.2) is 0 Å². The highest BCUT2D eigenvalue weighted by Gasteiger charge is 2.33. The number of para-hydroxylation sites is 1. The van der Waals surface area contributed by atoms with Crippen molar-refractivity contribution in [3.8, 4) is 0 Å². The summed E-state index contributed by atoms with van der Waals surface area (Å²) in [6.45, 7) is 0. The van der Waals surface area contributed by atoms with Gasteiger partial charge in [0.25, 0.3) is 0 Å². The average molecular weight is 236 g/mol. The van der Waals surface area contributed by atoms with Gasteiger partial charge in [-0.1, -0.05) is 24.3 Å². The zero-order valence-corrected chi connectivity index (χ0v) is 8.75. The number of nitrogens with one attached hydrogen (secondary N) is 1. The van der Waals surface area contributed by atoms with Crippen LogP contribution in [0.25, 0.3) is 0 Å². The predicted octanol–water partition coefficient (Wildman–Crippen LogP) is 4.25. The van der Waals surface area contributed by atoms with Gasteiger partial charge in [-0.05, 0) is 30.3 Å². The Morgan fingerprint density at radius 3 is 2.24 bits per heavy atom. The van der Waals surface area contributed by atoms with Gasteiger partial charge in [-0.3, -0.25) is 0 Å². The summed E-state index contributed by atoms with van der Waals surface area (Å²) in [5.41, 5.74) is -0.0283. The molecule has 0 aliphatic carbocycles. The highest BCUT2D eigenvalue weighted by molar-refractivity contribution is 5.63. The molecule has 0 aliphatic rings. The molecule has 0 saturated carbocycles. The first-order chi connectivity index (χ1) is 8.07. The monoisotopic (exact) mass is 236 g/mol. The zero-order chi connectivity index (χ0) is 12.3. The Kier molecular flexibility index (Phi) is 3.04. The van der Waals surface area contributed by atoms with Gasteiger partial charge < -0.3 is 5.32 Å². The Balaban J connectivity index is 2.34. The van der Waals surface area contributed by atoms with Crippen LogP contribution in [0.3, 0.4) is 0 Å². The van der Waals surface area contributed by atoms with E-state index in [0.29, 0.717) is 5.69 Å². The predicted molar refractivity (Wildman–Crippen MR) is 60.0 cm³/mol. The van der Waals surface area contributed by atoms with Gasteiger partial charge in [-0.15, -0.1) is 0 Å². The van der Waals surface area contributed by atoms with E-state index in [1.165, 1.54) is 12.1 Å². The first-order valence-electron chi connectivity index (χ1n) is 4.97. The van der Waals surface area contributed by atoms with Crippen molar-refractivity contribution in [1.29, 1.82) is 0 Å². The maximum absolute atomic E-state index is 12.7. The molecule has 0 fully saturated rings. The second-order valence-electron chi connectivity index (χ2n) is 3.46. The number of rotatable bonds is 2. The van der Waals surface area contributed by atoms with Crippen LogP contribution in [0.2, 0.25) is 0 Å². The molecule has 0 bridgehead atoms. The normalized spacial score (nSPS) is 11.2. The molecule has 4 heteroatoms. The zero-order valence-electron chi connectivity index (χ0n) is 8.75. The van der Waals surface area contributed by atoms with E-state index < -0.39 is 11.7 Å². The summed E-state index contributed by atoms with van der Waals surface area (Å²) in [7, 11) is 0. The fourth-order valence-electron chi connectivity index (χ4n) is 1.47. The number of hydrogen-bond acceptors (Lipinski definition) is 1. The number of alkyl halides is 3. The van der Waals surface area contributed by atoms with E-state index >= 15 is 0 Å². The molecule has 2 aromatic rings. The lowest BCUT2D eigenvalue weighted by Gasteiger charge is -2.14. The van der Waals surface area contributed by atoms with Crippen LogP contribution >= 0.6 is 0 Å². The SMILES string of the molecule is FC(F)(F)c1ccccc1Nc1cc[c]cc1.